The summed E-state index contributed by atoms with van der Waals surface area (Å²) in [5.41, 5.74) is 7.35. The molecule has 100 valence electrons. The Morgan fingerprint density at radius 2 is 2.22 bits per heavy atom. The van der Waals surface area contributed by atoms with Gasteiger partial charge in [-0.2, -0.15) is 0 Å². The summed E-state index contributed by atoms with van der Waals surface area (Å²) in [7, 11) is 0. The van der Waals surface area contributed by atoms with Crippen molar-refractivity contribution in [1.82, 2.24) is 9.97 Å². The van der Waals surface area contributed by atoms with Gasteiger partial charge in [-0.05, 0) is 25.2 Å². The molecule has 1 saturated carbocycles. The molecule has 1 aliphatic rings. The quantitative estimate of drug-likeness (QED) is 0.758. The molecule has 1 heterocycles. The summed E-state index contributed by atoms with van der Waals surface area (Å²) < 4.78 is 0. The van der Waals surface area contributed by atoms with E-state index in [0.29, 0.717) is 0 Å². The maximum absolute atomic E-state index is 6.16. The second-order valence-electron chi connectivity index (χ2n) is 5.45. The molecule has 18 heavy (non-hydrogen) atoms. The Bertz CT molecular complexity index is 337. The number of aromatic nitrogens is 2. The van der Waals surface area contributed by atoms with Crippen molar-refractivity contribution >= 4 is 0 Å². The SMILES string of the molecule is N[C@@H](C=CCCc1cnc[nH]1)CC1CCCCC1. The van der Waals surface area contributed by atoms with Crippen LogP contribution in [0, 0.1) is 5.92 Å². The number of aryl methyl sites for hydroxylation is 1. The Morgan fingerprint density at radius 3 is 2.94 bits per heavy atom. The first-order valence-corrected chi connectivity index (χ1v) is 7.24. The highest BCUT2D eigenvalue weighted by molar-refractivity contribution is 4.99. The first-order chi connectivity index (χ1) is 8.84. The Balaban J connectivity index is 1.62. The van der Waals surface area contributed by atoms with Gasteiger partial charge in [0.15, 0.2) is 0 Å². The Hall–Kier alpha value is -1.09. The van der Waals surface area contributed by atoms with Gasteiger partial charge >= 0.3 is 0 Å². The van der Waals surface area contributed by atoms with Crippen molar-refractivity contribution in [1.29, 1.82) is 0 Å². The van der Waals surface area contributed by atoms with E-state index < -0.39 is 0 Å². The van der Waals surface area contributed by atoms with Crippen molar-refractivity contribution in [3.05, 3.63) is 30.4 Å². The van der Waals surface area contributed by atoms with Crippen molar-refractivity contribution in [2.24, 2.45) is 11.7 Å². The zero-order valence-corrected chi connectivity index (χ0v) is 11.1. The molecule has 1 aromatic heterocycles. The summed E-state index contributed by atoms with van der Waals surface area (Å²) in [5, 5.41) is 0. The third kappa shape index (κ3) is 4.65. The summed E-state index contributed by atoms with van der Waals surface area (Å²) in [4.78, 5) is 7.12. The fraction of sp³-hybridized carbons (Fsp3) is 0.667. The lowest BCUT2D eigenvalue weighted by Crippen LogP contribution is -2.22. The molecule has 3 nitrogen and oxygen atoms in total. The summed E-state index contributed by atoms with van der Waals surface area (Å²) in [5.74, 6) is 0.867. The van der Waals surface area contributed by atoms with Crippen LogP contribution in [-0.4, -0.2) is 16.0 Å². The van der Waals surface area contributed by atoms with Crippen LogP contribution in [0.25, 0.3) is 0 Å². The molecular formula is C15H25N3. The van der Waals surface area contributed by atoms with Crippen molar-refractivity contribution < 1.29 is 0 Å². The zero-order chi connectivity index (χ0) is 12.6. The lowest BCUT2D eigenvalue weighted by Gasteiger charge is -2.23. The van der Waals surface area contributed by atoms with E-state index in [1.807, 2.05) is 6.20 Å². The molecule has 1 atom stereocenters. The molecule has 0 amide bonds. The maximum Gasteiger partial charge on any atom is 0.0921 e. The van der Waals surface area contributed by atoms with E-state index in [1.54, 1.807) is 6.33 Å². The minimum absolute atomic E-state index is 0.245. The first kappa shape index (κ1) is 13.3. The number of allylic oxidation sites excluding steroid dienone is 1. The number of aromatic amines is 1. The summed E-state index contributed by atoms with van der Waals surface area (Å²) >= 11 is 0. The highest BCUT2D eigenvalue weighted by atomic mass is 14.9. The highest BCUT2D eigenvalue weighted by Crippen LogP contribution is 2.27. The van der Waals surface area contributed by atoms with E-state index in [9.17, 15) is 0 Å². The zero-order valence-electron chi connectivity index (χ0n) is 11.1. The normalized spacial score (nSPS) is 19.4. The van der Waals surface area contributed by atoms with E-state index in [-0.39, 0.29) is 6.04 Å². The van der Waals surface area contributed by atoms with Gasteiger partial charge in [-0.1, -0.05) is 44.3 Å². The number of rotatable bonds is 6. The molecule has 2 rings (SSSR count). The topological polar surface area (TPSA) is 54.7 Å². The Labute approximate surface area is 110 Å². The Kier molecular flexibility index (Phi) is 5.46. The number of hydrogen-bond donors (Lipinski definition) is 2. The molecule has 1 fully saturated rings. The van der Waals surface area contributed by atoms with E-state index in [1.165, 1.54) is 44.2 Å². The van der Waals surface area contributed by atoms with Crippen LogP contribution in [0.4, 0.5) is 0 Å². The number of hydrogen-bond acceptors (Lipinski definition) is 2. The van der Waals surface area contributed by atoms with Crippen LogP contribution < -0.4 is 5.73 Å². The van der Waals surface area contributed by atoms with Gasteiger partial charge in [0.2, 0.25) is 0 Å². The van der Waals surface area contributed by atoms with Gasteiger partial charge in [-0.25, -0.2) is 4.98 Å². The molecule has 0 spiro atoms. The number of H-pyrrole nitrogens is 1. The third-order valence-electron chi connectivity index (χ3n) is 3.85. The lowest BCUT2D eigenvalue weighted by atomic mass is 9.85. The van der Waals surface area contributed by atoms with Crippen molar-refractivity contribution in [3.63, 3.8) is 0 Å². The van der Waals surface area contributed by atoms with Crippen LogP contribution in [0.3, 0.4) is 0 Å². The second kappa shape index (κ2) is 7.37. The van der Waals surface area contributed by atoms with Crippen LogP contribution in [0.1, 0.15) is 50.6 Å². The molecule has 1 aliphatic carbocycles. The molecule has 3 N–H and O–H groups in total. The van der Waals surface area contributed by atoms with E-state index >= 15 is 0 Å². The first-order valence-electron chi connectivity index (χ1n) is 7.24. The molecular weight excluding hydrogens is 222 g/mol. The number of nitrogens with zero attached hydrogens (tertiary/aromatic N) is 1. The molecule has 0 aromatic carbocycles. The standard InChI is InChI=1S/C15H25N3/c16-14(10-13-6-2-1-3-7-13)8-4-5-9-15-11-17-12-18-15/h4,8,11-14H,1-3,5-7,9-10,16H2,(H,17,18)/t14-/m0/s1. The van der Waals surface area contributed by atoms with Crippen LogP contribution >= 0.6 is 0 Å². The molecule has 0 saturated heterocycles. The van der Waals surface area contributed by atoms with Crippen LogP contribution in [0.5, 0.6) is 0 Å². The van der Waals surface area contributed by atoms with E-state index in [2.05, 4.69) is 22.1 Å². The van der Waals surface area contributed by atoms with Gasteiger partial charge in [-0.3, -0.25) is 0 Å². The van der Waals surface area contributed by atoms with Crippen molar-refractivity contribution in [3.8, 4) is 0 Å². The average Bonchev–Trinajstić information content (AvgIpc) is 2.89. The van der Waals surface area contributed by atoms with Gasteiger partial charge in [0.05, 0.1) is 6.33 Å². The average molecular weight is 247 g/mol. The van der Waals surface area contributed by atoms with Crippen LogP contribution in [-0.2, 0) is 6.42 Å². The highest BCUT2D eigenvalue weighted by Gasteiger charge is 2.15. The molecule has 0 radical (unpaired) electrons. The minimum atomic E-state index is 0.245. The molecule has 0 aliphatic heterocycles. The van der Waals surface area contributed by atoms with Crippen LogP contribution in [0.2, 0.25) is 0 Å². The molecule has 3 heteroatoms. The van der Waals surface area contributed by atoms with Crippen molar-refractivity contribution in [2.75, 3.05) is 0 Å². The van der Waals surface area contributed by atoms with Gasteiger partial charge in [0, 0.05) is 17.9 Å². The Morgan fingerprint density at radius 1 is 1.39 bits per heavy atom. The van der Waals surface area contributed by atoms with Gasteiger partial charge in [-0.15, -0.1) is 0 Å². The van der Waals surface area contributed by atoms with Gasteiger partial charge in [0.1, 0.15) is 0 Å². The summed E-state index contributed by atoms with van der Waals surface area (Å²) in [6.07, 6.45) is 18.2. The van der Waals surface area contributed by atoms with Crippen molar-refractivity contribution in [2.45, 2.75) is 57.4 Å². The predicted molar refractivity (Wildman–Crippen MR) is 75.2 cm³/mol. The summed E-state index contributed by atoms with van der Waals surface area (Å²) in [6.45, 7) is 0. The second-order valence-corrected chi connectivity index (χ2v) is 5.45. The number of nitrogens with one attached hydrogen (secondary N) is 1. The number of nitrogens with two attached hydrogens (primary N) is 1. The monoisotopic (exact) mass is 247 g/mol. The summed E-state index contributed by atoms with van der Waals surface area (Å²) in [6, 6.07) is 0.245. The van der Waals surface area contributed by atoms with Crippen LogP contribution in [0.15, 0.2) is 24.7 Å². The smallest absolute Gasteiger partial charge is 0.0921 e. The largest absolute Gasteiger partial charge is 0.348 e. The molecule has 1 aromatic rings. The third-order valence-corrected chi connectivity index (χ3v) is 3.85. The van der Waals surface area contributed by atoms with Gasteiger partial charge in [0.25, 0.3) is 0 Å². The van der Waals surface area contributed by atoms with E-state index in [0.717, 1.165) is 18.8 Å². The predicted octanol–water partition coefficient (Wildman–Crippen LogP) is 3.20. The fourth-order valence-corrected chi connectivity index (χ4v) is 2.82. The van der Waals surface area contributed by atoms with E-state index in [4.69, 9.17) is 5.73 Å². The maximum atomic E-state index is 6.16. The van der Waals surface area contributed by atoms with Gasteiger partial charge < -0.3 is 10.7 Å². The molecule has 0 bridgehead atoms. The fourth-order valence-electron chi connectivity index (χ4n) is 2.82. The lowest BCUT2D eigenvalue weighted by molar-refractivity contribution is 0.329. The number of imidazole rings is 1. The minimum Gasteiger partial charge on any atom is -0.348 e. The molecule has 0 unspecified atom stereocenters.